The van der Waals surface area contributed by atoms with Crippen LogP contribution < -0.4 is 5.32 Å². The fraction of sp³-hybridized carbons (Fsp3) is 0.909. The molecule has 1 atom stereocenters. The summed E-state index contributed by atoms with van der Waals surface area (Å²) in [6, 6.07) is 0. The van der Waals surface area contributed by atoms with Crippen LogP contribution in [0.4, 0.5) is 0 Å². The molecule has 0 aromatic rings. The van der Waals surface area contributed by atoms with Crippen molar-refractivity contribution in [1.29, 1.82) is 0 Å². The molecule has 4 nitrogen and oxygen atoms in total. The summed E-state index contributed by atoms with van der Waals surface area (Å²) in [7, 11) is -3.22. The van der Waals surface area contributed by atoms with Crippen molar-refractivity contribution in [1.82, 2.24) is 5.32 Å². The number of sulfone groups is 1. The van der Waals surface area contributed by atoms with Crippen LogP contribution >= 0.6 is 15.9 Å². The molecule has 0 aromatic carbocycles. The Balaban J connectivity index is 2.58. The van der Waals surface area contributed by atoms with Crippen LogP contribution in [0.1, 0.15) is 33.1 Å². The van der Waals surface area contributed by atoms with E-state index < -0.39 is 15.1 Å². The molecule has 0 aliphatic carbocycles. The third-order valence-electron chi connectivity index (χ3n) is 2.97. The highest BCUT2D eigenvalue weighted by molar-refractivity contribution is 9.09. The second kappa shape index (κ2) is 5.69. The van der Waals surface area contributed by atoms with Gasteiger partial charge in [0, 0.05) is 11.9 Å². The lowest BCUT2D eigenvalue weighted by molar-refractivity contribution is -0.121. The maximum atomic E-state index is 11.9. The predicted molar refractivity (Wildman–Crippen MR) is 72.0 cm³/mol. The summed E-state index contributed by atoms with van der Waals surface area (Å²) in [5, 5.41) is 2.68. The number of hydrogen-bond acceptors (Lipinski definition) is 3. The van der Waals surface area contributed by atoms with Gasteiger partial charge in [0.05, 0.1) is 5.75 Å². The third kappa shape index (κ3) is 4.25. The van der Waals surface area contributed by atoms with Crippen LogP contribution in [-0.2, 0) is 14.6 Å². The molecule has 1 unspecified atom stereocenters. The second-order valence-corrected chi connectivity index (χ2v) is 8.23. The van der Waals surface area contributed by atoms with Crippen molar-refractivity contribution in [3.05, 3.63) is 0 Å². The topological polar surface area (TPSA) is 63.2 Å². The molecular formula is C11H20BrNO3S. The molecule has 6 heteroatoms. The second-order valence-electron chi connectivity index (χ2n) is 5.37. The zero-order chi connectivity index (χ0) is 13.1. The van der Waals surface area contributed by atoms with E-state index in [9.17, 15) is 13.2 Å². The van der Waals surface area contributed by atoms with E-state index in [0.29, 0.717) is 19.4 Å². The normalized spacial score (nSPS) is 24.3. The van der Waals surface area contributed by atoms with Gasteiger partial charge in [0.15, 0.2) is 9.84 Å². The van der Waals surface area contributed by atoms with Crippen LogP contribution in [0.5, 0.6) is 0 Å². The van der Waals surface area contributed by atoms with Gasteiger partial charge in [-0.3, -0.25) is 4.79 Å². The molecule has 0 radical (unpaired) electrons. The number of hydrogen-bond donors (Lipinski definition) is 1. The molecule has 1 heterocycles. The molecule has 1 rings (SSSR count). The molecule has 1 aliphatic rings. The summed E-state index contributed by atoms with van der Waals surface area (Å²) < 4.78 is 23.5. The van der Waals surface area contributed by atoms with Gasteiger partial charge in [-0.15, -0.1) is 0 Å². The highest BCUT2D eigenvalue weighted by Gasteiger charge is 2.35. The van der Waals surface area contributed by atoms with Crippen molar-refractivity contribution < 1.29 is 13.2 Å². The van der Waals surface area contributed by atoms with Crippen molar-refractivity contribution in [2.75, 3.05) is 17.6 Å². The van der Waals surface area contributed by atoms with Gasteiger partial charge in [-0.25, -0.2) is 8.42 Å². The molecule has 1 saturated heterocycles. The number of amides is 1. The molecule has 1 aliphatic heterocycles. The summed E-state index contributed by atoms with van der Waals surface area (Å²) in [5.41, 5.74) is -0.0614. The number of carbonyl (C=O) groups is 1. The van der Waals surface area contributed by atoms with E-state index in [4.69, 9.17) is 0 Å². The molecule has 1 fully saturated rings. The van der Waals surface area contributed by atoms with Crippen molar-refractivity contribution in [3.63, 3.8) is 0 Å². The number of alkyl halides is 1. The summed E-state index contributed by atoms with van der Waals surface area (Å²) >= 11 is 3.37. The number of carbonyl (C=O) groups excluding carboxylic acids is 1. The fourth-order valence-electron chi connectivity index (χ4n) is 1.74. The van der Waals surface area contributed by atoms with Gasteiger partial charge in [-0.2, -0.15) is 0 Å². The van der Waals surface area contributed by atoms with Gasteiger partial charge in [-0.05, 0) is 18.3 Å². The standard InChI is InChI=1S/C11H20BrNO3S/c1-11(2,7-12)8-13-10(14)9-5-3-4-6-17(9,15)16/h9H,3-8H2,1-2H3,(H,13,14). The lowest BCUT2D eigenvalue weighted by atomic mass is 9.97. The minimum atomic E-state index is -3.22. The number of halogens is 1. The summed E-state index contributed by atoms with van der Waals surface area (Å²) in [4.78, 5) is 11.9. The minimum absolute atomic E-state index is 0.0614. The van der Waals surface area contributed by atoms with Crippen LogP contribution in [0.3, 0.4) is 0 Å². The quantitative estimate of drug-likeness (QED) is 0.796. The van der Waals surface area contributed by atoms with Crippen molar-refractivity contribution in [2.45, 2.75) is 38.4 Å². The van der Waals surface area contributed by atoms with Gasteiger partial charge < -0.3 is 5.32 Å². The first-order chi connectivity index (χ1) is 7.78. The van der Waals surface area contributed by atoms with Gasteiger partial charge >= 0.3 is 0 Å². The Morgan fingerprint density at radius 3 is 2.59 bits per heavy atom. The molecule has 0 spiro atoms. The van der Waals surface area contributed by atoms with Crippen LogP contribution in [0.25, 0.3) is 0 Å². The highest BCUT2D eigenvalue weighted by Crippen LogP contribution is 2.21. The first kappa shape index (κ1) is 15.0. The molecule has 100 valence electrons. The van der Waals surface area contributed by atoms with E-state index in [2.05, 4.69) is 21.2 Å². The lowest BCUT2D eigenvalue weighted by Crippen LogP contribution is -2.45. The Bertz CT molecular complexity index is 378. The van der Waals surface area contributed by atoms with E-state index in [0.717, 1.165) is 11.8 Å². The van der Waals surface area contributed by atoms with Gasteiger partial charge in [-0.1, -0.05) is 36.2 Å². The Morgan fingerprint density at radius 2 is 2.06 bits per heavy atom. The summed E-state index contributed by atoms with van der Waals surface area (Å²) in [6.07, 6.45) is 1.96. The number of nitrogens with one attached hydrogen (secondary N) is 1. The first-order valence-electron chi connectivity index (χ1n) is 5.84. The van der Waals surface area contributed by atoms with E-state index in [-0.39, 0.29) is 17.1 Å². The SMILES string of the molecule is CC(C)(CBr)CNC(=O)C1CCCCS1(=O)=O. The Morgan fingerprint density at radius 1 is 1.41 bits per heavy atom. The summed E-state index contributed by atoms with van der Waals surface area (Å²) in [5.74, 6) is -0.189. The zero-order valence-corrected chi connectivity index (χ0v) is 12.7. The van der Waals surface area contributed by atoms with Gasteiger partial charge in [0.2, 0.25) is 5.91 Å². The first-order valence-corrected chi connectivity index (χ1v) is 8.67. The van der Waals surface area contributed by atoms with Gasteiger partial charge in [0.1, 0.15) is 5.25 Å². The highest BCUT2D eigenvalue weighted by atomic mass is 79.9. The molecule has 1 amide bonds. The van der Waals surface area contributed by atoms with Crippen LogP contribution in [0.15, 0.2) is 0 Å². The van der Waals surface area contributed by atoms with Crippen LogP contribution in [0, 0.1) is 5.41 Å². The minimum Gasteiger partial charge on any atom is -0.354 e. The average Bonchev–Trinajstić information content (AvgIpc) is 2.25. The van der Waals surface area contributed by atoms with Crippen molar-refractivity contribution >= 4 is 31.7 Å². The summed E-state index contributed by atoms with van der Waals surface area (Å²) in [6.45, 7) is 4.51. The largest absolute Gasteiger partial charge is 0.354 e. The molecule has 0 bridgehead atoms. The maximum Gasteiger partial charge on any atom is 0.238 e. The fourth-order valence-corrected chi connectivity index (χ4v) is 3.76. The molecule has 17 heavy (non-hydrogen) atoms. The lowest BCUT2D eigenvalue weighted by Gasteiger charge is -2.25. The molecule has 1 N–H and O–H groups in total. The van der Waals surface area contributed by atoms with Crippen LogP contribution in [0.2, 0.25) is 0 Å². The van der Waals surface area contributed by atoms with Crippen molar-refractivity contribution in [2.24, 2.45) is 5.41 Å². The Kier molecular flexibility index (Phi) is 5.01. The smallest absolute Gasteiger partial charge is 0.238 e. The Hall–Kier alpha value is -0.100. The predicted octanol–water partition coefficient (Wildman–Crippen LogP) is 1.49. The van der Waals surface area contributed by atoms with E-state index in [1.54, 1.807) is 0 Å². The zero-order valence-electron chi connectivity index (χ0n) is 10.3. The Labute approximate surface area is 112 Å². The third-order valence-corrected chi connectivity index (χ3v) is 6.67. The van der Waals surface area contributed by atoms with E-state index >= 15 is 0 Å². The average molecular weight is 326 g/mol. The van der Waals surface area contributed by atoms with E-state index in [1.165, 1.54) is 0 Å². The number of rotatable bonds is 4. The van der Waals surface area contributed by atoms with Gasteiger partial charge in [0.25, 0.3) is 0 Å². The maximum absolute atomic E-state index is 11.9. The molecule has 0 aromatic heterocycles. The monoisotopic (exact) mass is 325 g/mol. The van der Waals surface area contributed by atoms with Crippen LogP contribution in [-0.4, -0.2) is 37.2 Å². The molecule has 0 saturated carbocycles. The molecular weight excluding hydrogens is 306 g/mol. The van der Waals surface area contributed by atoms with E-state index in [1.807, 2.05) is 13.8 Å². The van der Waals surface area contributed by atoms with Crippen molar-refractivity contribution in [3.8, 4) is 0 Å².